The van der Waals surface area contributed by atoms with Crippen molar-refractivity contribution in [2.24, 2.45) is 0 Å². The summed E-state index contributed by atoms with van der Waals surface area (Å²) < 4.78 is 20.4. The SMILES string of the molecule is CCCn1ncc(OC)c1C(=O)c1ccc(C)c(F)c1. The summed E-state index contributed by atoms with van der Waals surface area (Å²) in [5.74, 6) is -0.271. The summed E-state index contributed by atoms with van der Waals surface area (Å²) in [5.41, 5.74) is 1.16. The van der Waals surface area contributed by atoms with Gasteiger partial charge < -0.3 is 4.74 Å². The van der Waals surface area contributed by atoms with Crippen molar-refractivity contribution >= 4 is 5.78 Å². The second-order valence-corrected chi connectivity index (χ2v) is 4.58. The minimum atomic E-state index is -0.392. The first-order valence-corrected chi connectivity index (χ1v) is 6.49. The van der Waals surface area contributed by atoms with Gasteiger partial charge in [-0.05, 0) is 25.0 Å². The van der Waals surface area contributed by atoms with Crippen LogP contribution in [-0.4, -0.2) is 22.7 Å². The van der Waals surface area contributed by atoms with Gasteiger partial charge in [-0.1, -0.05) is 19.1 Å². The number of carbonyl (C=O) groups excluding carboxylic acids is 1. The van der Waals surface area contributed by atoms with Crippen molar-refractivity contribution in [1.29, 1.82) is 0 Å². The number of hydrogen-bond acceptors (Lipinski definition) is 3. The van der Waals surface area contributed by atoms with Crippen LogP contribution in [0, 0.1) is 12.7 Å². The molecule has 106 valence electrons. The monoisotopic (exact) mass is 276 g/mol. The lowest BCUT2D eigenvalue weighted by Crippen LogP contribution is -2.13. The fourth-order valence-corrected chi connectivity index (χ4v) is 2.00. The summed E-state index contributed by atoms with van der Waals surface area (Å²) in [6.07, 6.45) is 2.35. The molecular weight excluding hydrogens is 259 g/mol. The third-order valence-electron chi connectivity index (χ3n) is 3.11. The summed E-state index contributed by atoms with van der Waals surface area (Å²) >= 11 is 0. The molecule has 0 aliphatic rings. The number of hydrogen-bond donors (Lipinski definition) is 0. The van der Waals surface area contributed by atoms with Crippen molar-refractivity contribution in [3.8, 4) is 5.75 Å². The molecule has 0 aliphatic heterocycles. The Kier molecular flexibility index (Phi) is 4.17. The largest absolute Gasteiger partial charge is 0.493 e. The highest BCUT2D eigenvalue weighted by atomic mass is 19.1. The second kappa shape index (κ2) is 5.86. The van der Waals surface area contributed by atoms with Crippen molar-refractivity contribution in [1.82, 2.24) is 9.78 Å². The molecule has 1 heterocycles. The topological polar surface area (TPSA) is 44.1 Å². The van der Waals surface area contributed by atoms with Gasteiger partial charge in [0.05, 0.1) is 13.3 Å². The molecule has 4 nitrogen and oxygen atoms in total. The fourth-order valence-electron chi connectivity index (χ4n) is 2.00. The Bertz CT molecular complexity index is 635. The lowest BCUT2D eigenvalue weighted by Gasteiger charge is -2.08. The van der Waals surface area contributed by atoms with Crippen LogP contribution in [0.1, 0.15) is 35.0 Å². The summed E-state index contributed by atoms with van der Waals surface area (Å²) in [6, 6.07) is 4.46. The molecule has 0 spiro atoms. The van der Waals surface area contributed by atoms with Gasteiger partial charge in [0.1, 0.15) is 5.82 Å². The van der Waals surface area contributed by atoms with Gasteiger partial charge in [-0.25, -0.2) is 4.39 Å². The van der Waals surface area contributed by atoms with E-state index >= 15 is 0 Å². The Morgan fingerprint density at radius 1 is 1.45 bits per heavy atom. The lowest BCUT2D eigenvalue weighted by molar-refractivity contribution is 0.102. The van der Waals surface area contributed by atoms with Crippen LogP contribution in [0.2, 0.25) is 0 Å². The maximum absolute atomic E-state index is 13.6. The average molecular weight is 276 g/mol. The maximum Gasteiger partial charge on any atom is 0.214 e. The molecule has 0 atom stereocenters. The molecule has 1 aromatic carbocycles. The van der Waals surface area contributed by atoms with Gasteiger partial charge in [-0.3, -0.25) is 9.48 Å². The Labute approximate surface area is 117 Å². The highest BCUT2D eigenvalue weighted by molar-refractivity contribution is 6.09. The number of ketones is 1. The zero-order valence-electron chi connectivity index (χ0n) is 11.8. The molecule has 0 saturated heterocycles. The van der Waals surface area contributed by atoms with Crippen molar-refractivity contribution in [2.75, 3.05) is 7.11 Å². The molecular formula is C15H17FN2O2. The smallest absolute Gasteiger partial charge is 0.214 e. The molecule has 2 rings (SSSR count). The van der Waals surface area contributed by atoms with E-state index in [-0.39, 0.29) is 5.78 Å². The summed E-state index contributed by atoms with van der Waals surface area (Å²) in [5, 5.41) is 4.14. The van der Waals surface area contributed by atoms with E-state index in [1.807, 2.05) is 6.92 Å². The maximum atomic E-state index is 13.6. The molecule has 2 aromatic rings. The van der Waals surface area contributed by atoms with Crippen LogP contribution in [-0.2, 0) is 6.54 Å². The van der Waals surface area contributed by atoms with Crippen LogP contribution in [0.4, 0.5) is 4.39 Å². The second-order valence-electron chi connectivity index (χ2n) is 4.58. The summed E-state index contributed by atoms with van der Waals surface area (Å²) in [4.78, 5) is 12.5. The first kappa shape index (κ1) is 14.2. The Balaban J connectivity index is 2.46. The first-order valence-electron chi connectivity index (χ1n) is 6.49. The predicted octanol–water partition coefficient (Wildman–Crippen LogP) is 2.98. The zero-order valence-corrected chi connectivity index (χ0v) is 11.8. The fraction of sp³-hybridized carbons (Fsp3) is 0.333. The number of aryl methyl sites for hydroxylation is 2. The Morgan fingerprint density at radius 3 is 2.80 bits per heavy atom. The minimum absolute atomic E-state index is 0.285. The molecule has 0 bridgehead atoms. The van der Waals surface area contributed by atoms with E-state index in [4.69, 9.17) is 4.74 Å². The Hall–Kier alpha value is -2.17. The van der Waals surface area contributed by atoms with E-state index in [0.717, 1.165) is 6.42 Å². The number of benzene rings is 1. The number of carbonyl (C=O) groups is 1. The Morgan fingerprint density at radius 2 is 2.20 bits per heavy atom. The van der Waals surface area contributed by atoms with Crippen LogP contribution >= 0.6 is 0 Å². The predicted molar refractivity (Wildman–Crippen MR) is 73.6 cm³/mol. The number of aromatic nitrogens is 2. The van der Waals surface area contributed by atoms with Crippen LogP contribution in [0.5, 0.6) is 5.75 Å². The minimum Gasteiger partial charge on any atom is -0.493 e. The van der Waals surface area contributed by atoms with Crippen LogP contribution in [0.3, 0.4) is 0 Å². The van der Waals surface area contributed by atoms with Crippen molar-refractivity contribution in [3.05, 3.63) is 47.0 Å². The highest BCUT2D eigenvalue weighted by Gasteiger charge is 2.21. The number of rotatable bonds is 5. The zero-order chi connectivity index (χ0) is 14.7. The van der Waals surface area contributed by atoms with Gasteiger partial charge in [-0.2, -0.15) is 5.10 Å². The molecule has 0 fully saturated rings. The van der Waals surface area contributed by atoms with Crippen molar-refractivity contribution in [2.45, 2.75) is 26.8 Å². The molecule has 1 aromatic heterocycles. The van der Waals surface area contributed by atoms with Gasteiger partial charge >= 0.3 is 0 Å². The third-order valence-corrected chi connectivity index (χ3v) is 3.11. The number of ether oxygens (including phenoxy) is 1. The van der Waals surface area contributed by atoms with Gasteiger partial charge in [0.15, 0.2) is 11.4 Å². The van der Waals surface area contributed by atoms with Gasteiger partial charge in [0.25, 0.3) is 0 Å². The van der Waals surface area contributed by atoms with E-state index in [1.165, 1.54) is 19.4 Å². The molecule has 0 aliphatic carbocycles. The molecule has 0 saturated carbocycles. The van der Waals surface area contributed by atoms with Gasteiger partial charge in [0.2, 0.25) is 5.78 Å². The van der Waals surface area contributed by atoms with Crippen molar-refractivity contribution in [3.63, 3.8) is 0 Å². The summed E-state index contributed by atoms with van der Waals surface area (Å²) in [6.45, 7) is 4.26. The van der Waals surface area contributed by atoms with Crippen molar-refractivity contribution < 1.29 is 13.9 Å². The molecule has 0 unspecified atom stereocenters. The quantitative estimate of drug-likeness (QED) is 0.789. The highest BCUT2D eigenvalue weighted by Crippen LogP contribution is 2.22. The van der Waals surface area contributed by atoms with Gasteiger partial charge in [-0.15, -0.1) is 0 Å². The van der Waals surface area contributed by atoms with Crippen LogP contribution in [0.25, 0.3) is 0 Å². The van der Waals surface area contributed by atoms with Crippen LogP contribution < -0.4 is 4.74 Å². The molecule has 20 heavy (non-hydrogen) atoms. The van der Waals surface area contributed by atoms with Gasteiger partial charge in [0, 0.05) is 12.1 Å². The number of nitrogens with zero attached hydrogens (tertiary/aromatic N) is 2. The van der Waals surface area contributed by atoms with Crippen LogP contribution in [0.15, 0.2) is 24.4 Å². The standard InChI is InChI=1S/C15H17FN2O2/c1-4-7-18-14(13(20-3)9-17-18)15(19)11-6-5-10(2)12(16)8-11/h5-6,8-9H,4,7H2,1-3H3. The number of methoxy groups -OCH3 is 1. The van der Waals surface area contributed by atoms with E-state index in [1.54, 1.807) is 23.7 Å². The van der Waals surface area contributed by atoms with E-state index < -0.39 is 5.82 Å². The third kappa shape index (κ3) is 2.57. The molecule has 5 heteroatoms. The lowest BCUT2D eigenvalue weighted by atomic mass is 10.1. The summed E-state index contributed by atoms with van der Waals surface area (Å²) in [7, 11) is 1.49. The average Bonchev–Trinajstić information content (AvgIpc) is 2.84. The van der Waals surface area contributed by atoms with E-state index in [9.17, 15) is 9.18 Å². The normalized spacial score (nSPS) is 10.6. The number of halogens is 1. The first-order chi connectivity index (χ1) is 9.58. The van der Waals surface area contributed by atoms with E-state index in [2.05, 4.69) is 5.10 Å². The molecule has 0 radical (unpaired) electrons. The molecule has 0 N–H and O–H groups in total. The molecule has 0 amide bonds. The van der Waals surface area contributed by atoms with E-state index in [0.29, 0.717) is 29.1 Å².